The van der Waals surface area contributed by atoms with Gasteiger partial charge < -0.3 is 10.2 Å². The Morgan fingerprint density at radius 2 is 1.82 bits per heavy atom. The molecule has 5 nitrogen and oxygen atoms in total. The van der Waals surface area contributed by atoms with Gasteiger partial charge in [-0.2, -0.15) is 0 Å². The van der Waals surface area contributed by atoms with Gasteiger partial charge >= 0.3 is 0 Å². The molecule has 1 aliphatic heterocycles. The van der Waals surface area contributed by atoms with Crippen molar-refractivity contribution in [1.82, 2.24) is 10.2 Å². The number of aromatic nitrogens is 2. The van der Waals surface area contributed by atoms with Gasteiger partial charge in [0.15, 0.2) is 5.82 Å². The highest BCUT2D eigenvalue weighted by Gasteiger charge is 2.26. The average molecular weight is 433 g/mol. The minimum Gasteiger partial charge on any atom is -0.355 e. The highest BCUT2D eigenvalue weighted by atomic mass is 35.5. The van der Waals surface area contributed by atoms with Crippen molar-refractivity contribution in [3.63, 3.8) is 0 Å². The Labute approximate surface area is 177 Å². The first-order valence-corrected chi connectivity index (χ1v) is 10.6. The van der Waals surface area contributed by atoms with Crippen molar-refractivity contribution in [2.24, 2.45) is 5.92 Å². The minimum atomic E-state index is -0.0487. The number of piperidine rings is 1. The Morgan fingerprint density at radius 1 is 1.07 bits per heavy atom. The maximum atomic E-state index is 12.6. The van der Waals surface area contributed by atoms with E-state index in [4.69, 9.17) is 23.2 Å². The second-order valence-corrected chi connectivity index (χ2v) is 8.48. The summed E-state index contributed by atoms with van der Waals surface area (Å²) in [6, 6.07) is 13.1. The largest absolute Gasteiger partial charge is 0.355 e. The molecule has 2 aromatic heterocycles. The number of hydrogen-bond acceptors (Lipinski definition) is 5. The normalized spacial score (nSPS) is 14.9. The lowest BCUT2D eigenvalue weighted by Crippen LogP contribution is -2.38. The Bertz CT molecular complexity index is 935. The molecule has 4 rings (SSSR count). The van der Waals surface area contributed by atoms with Crippen LogP contribution in [0, 0.1) is 5.92 Å². The molecular weight excluding hydrogens is 415 g/mol. The van der Waals surface area contributed by atoms with Crippen molar-refractivity contribution in [1.29, 1.82) is 0 Å². The van der Waals surface area contributed by atoms with Crippen molar-refractivity contribution in [2.75, 3.05) is 23.3 Å². The first kappa shape index (κ1) is 19.2. The molecule has 1 amide bonds. The molecule has 0 bridgehead atoms. The molecule has 144 valence electrons. The van der Waals surface area contributed by atoms with Gasteiger partial charge in [0, 0.05) is 34.7 Å². The number of nitrogens with zero attached hydrogens (tertiary/aromatic N) is 3. The monoisotopic (exact) mass is 432 g/mol. The fraction of sp³-hybridized carbons (Fsp3) is 0.250. The van der Waals surface area contributed by atoms with Gasteiger partial charge in [0.05, 0.1) is 4.88 Å². The maximum Gasteiger partial charge on any atom is 0.227 e. The summed E-state index contributed by atoms with van der Waals surface area (Å²) >= 11 is 13.6. The maximum absolute atomic E-state index is 12.6. The average Bonchev–Trinajstić information content (AvgIpc) is 3.22. The molecule has 0 aliphatic carbocycles. The number of hydrogen-bond donors (Lipinski definition) is 1. The first-order chi connectivity index (χ1) is 13.6. The Balaban J connectivity index is 1.34. The molecule has 0 saturated carbocycles. The van der Waals surface area contributed by atoms with E-state index in [-0.39, 0.29) is 11.8 Å². The van der Waals surface area contributed by atoms with Crippen molar-refractivity contribution >= 4 is 52.0 Å². The molecule has 28 heavy (non-hydrogen) atoms. The summed E-state index contributed by atoms with van der Waals surface area (Å²) in [7, 11) is 0. The summed E-state index contributed by atoms with van der Waals surface area (Å²) in [5.41, 5.74) is 1.51. The van der Waals surface area contributed by atoms with Crippen molar-refractivity contribution in [2.45, 2.75) is 12.8 Å². The highest BCUT2D eigenvalue weighted by Crippen LogP contribution is 2.27. The Hall–Kier alpha value is -2.15. The molecule has 1 N–H and O–H groups in total. The molecule has 0 radical (unpaired) electrons. The van der Waals surface area contributed by atoms with Gasteiger partial charge in [-0.25, -0.2) is 0 Å². The second-order valence-electron chi connectivity index (χ2n) is 6.66. The van der Waals surface area contributed by atoms with Crippen molar-refractivity contribution < 1.29 is 4.79 Å². The number of nitrogens with one attached hydrogen (secondary N) is 1. The smallest absolute Gasteiger partial charge is 0.227 e. The van der Waals surface area contributed by atoms with Crippen LogP contribution in [0.1, 0.15) is 12.8 Å². The van der Waals surface area contributed by atoms with Crippen LogP contribution in [0.4, 0.5) is 11.5 Å². The number of amides is 1. The van der Waals surface area contributed by atoms with Gasteiger partial charge in [0.1, 0.15) is 5.69 Å². The molecule has 0 atom stereocenters. The zero-order valence-corrected chi connectivity index (χ0v) is 17.3. The summed E-state index contributed by atoms with van der Waals surface area (Å²) < 4.78 is 0. The number of rotatable bonds is 4. The zero-order valence-electron chi connectivity index (χ0n) is 14.9. The summed E-state index contributed by atoms with van der Waals surface area (Å²) in [5.74, 6) is 0.797. The molecule has 1 saturated heterocycles. The summed E-state index contributed by atoms with van der Waals surface area (Å²) in [6.07, 6.45) is 1.52. The Kier molecular flexibility index (Phi) is 5.80. The van der Waals surface area contributed by atoms with Crippen LogP contribution in [0.2, 0.25) is 10.0 Å². The molecule has 1 aromatic carbocycles. The zero-order chi connectivity index (χ0) is 19.5. The molecule has 3 aromatic rings. The van der Waals surface area contributed by atoms with Crippen LogP contribution in [0.25, 0.3) is 10.6 Å². The van der Waals surface area contributed by atoms with Crippen molar-refractivity contribution in [3.8, 4) is 10.6 Å². The van der Waals surface area contributed by atoms with Gasteiger partial charge in [0.2, 0.25) is 5.91 Å². The summed E-state index contributed by atoms with van der Waals surface area (Å²) in [6.45, 7) is 1.53. The standard InChI is InChI=1S/C20H18Cl2N4OS/c21-14-10-15(22)12-16(11-14)23-20(27)13-5-7-26(8-6-13)19-4-3-17(24-25-19)18-2-1-9-28-18/h1-4,9-13H,5-8H2,(H,23,27). The van der Waals surface area contributed by atoms with Crippen LogP contribution in [-0.2, 0) is 4.79 Å². The van der Waals surface area contributed by atoms with E-state index in [2.05, 4.69) is 20.4 Å². The molecule has 3 heterocycles. The van der Waals surface area contributed by atoms with Crippen molar-refractivity contribution in [3.05, 3.63) is 57.9 Å². The van der Waals surface area contributed by atoms with E-state index >= 15 is 0 Å². The number of anilines is 2. The molecular formula is C20H18Cl2N4OS. The molecule has 0 spiro atoms. The van der Waals surface area contributed by atoms with E-state index in [0.717, 1.165) is 42.3 Å². The van der Waals surface area contributed by atoms with Crippen LogP contribution in [0.3, 0.4) is 0 Å². The predicted octanol–water partition coefficient (Wildman–Crippen LogP) is 5.37. The van der Waals surface area contributed by atoms with Crippen LogP contribution in [0.5, 0.6) is 0 Å². The molecule has 1 fully saturated rings. The van der Waals surface area contributed by atoms with Gasteiger partial charge in [-0.1, -0.05) is 29.3 Å². The first-order valence-electron chi connectivity index (χ1n) is 8.98. The van der Waals surface area contributed by atoms with Gasteiger partial charge in [-0.3, -0.25) is 4.79 Å². The van der Waals surface area contributed by atoms with E-state index < -0.39 is 0 Å². The fourth-order valence-corrected chi connectivity index (χ4v) is 4.51. The minimum absolute atomic E-state index is 0.00268. The molecule has 0 unspecified atom stereocenters. The predicted molar refractivity (Wildman–Crippen MR) is 115 cm³/mol. The molecule has 8 heteroatoms. The lowest BCUT2D eigenvalue weighted by molar-refractivity contribution is -0.120. The van der Waals surface area contributed by atoms with Crippen LogP contribution in [-0.4, -0.2) is 29.2 Å². The van der Waals surface area contributed by atoms with Gasteiger partial charge in [-0.05, 0) is 54.6 Å². The van der Waals surface area contributed by atoms with Gasteiger partial charge in [-0.15, -0.1) is 21.5 Å². The van der Waals surface area contributed by atoms with Crippen LogP contribution >= 0.6 is 34.5 Å². The summed E-state index contributed by atoms with van der Waals surface area (Å²) in [4.78, 5) is 15.8. The Morgan fingerprint density at radius 3 is 2.43 bits per heavy atom. The number of thiophene rings is 1. The third-order valence-electron chi connectivity index (χ3n) is 4.74. The van der Waals surface area contributed by atoms with Crippen LogP contribution in [0.15, 0.2) is 47.8 Å². The third-order valence-corrected chi connectivity index (χ3v) is 6.07. The number of carbonyl (C=O) groups is 1. The number of carbonyl (C=O) groups excluding carboxylic acids is 1. The SMILES string of the molecule is O=C(Nc1cc(Cl)cc(Cl)c1)C1CCN(c2ccc(-c3cccs3)nn2)CC1. The van der Waals surface area contributed by atoms with Gasteiger partial charge in [0.25, 0.3) is 0 Å². The van der Waals surface area contributed by atoms with E-state index in [1.54, 1.807) is 29.5 Å². The number of benzene rings is 1. The van der Waals surface area contributed by atoms with Crippen LogP contribution < -0.4 is 10.2 Å². The third kappa shape index (κ3) is 4.46. The highest BCUT2D eigenvalue weighted by molar-refractivity contribution is 7.13. The van der Waals surface area contributed by atoms with E-state index in [0.29, 0.717) is 15.7 Å². The second kappa shape index (κ2) is 8.47. The fourth-order valence-electron chi connectivity index (χ4n) is 3.29. The quantitative estimate of drug-likeness (QED) is 0.601. The van der Waals surface area contributed by atoms with E-state index in [1.807, 2.05) is 29.6 Å². The topological polar surface area (TPSA) is 58.1 Å². The number of halogens is 2. The van der Waals surface area contributed by atoms with E-state index in [9.17, 15) is 4.79 Å². The molecule has 1 aliphatic rings. The lowest BCUT2D eigenvalue weighted by atomic mass is 9.96. The van der Waals surface area contributed by atoms with E-state index in [1.165, 1.54) is 0 Å². The summed E-state index contributed by atoms with van der Waals surface area (Å²) in [5, 5.41) is 14.7. The lowest BCUT2D eigenvalue weighted by Gasteiger charge is -2.31.